The van der Waals surface area contributed by atoms with Crippen molar-refractivity contribution in [1.82, 2.24) is 0 Å². The molecule has 0 saturated heterocycles. The summed E-state index contributed by atoms with van der Waals surface area (Å²) in [5.74, 6) is -0.495. The smallest absolute Gasteiger partial charge is 0.257 e. The Morgan fingerprint density at radius 2 is 2.00 bits per heavy atom. The second-order valence-electron chi connectivity index (χ2n) is 4.36. The van der Waals surface area contributed by atoms with Crippen LogP contribution < -0.4 is 15.8 Å². The highest BCUT2D eigenvalue weighted by atomic mass is 79.9. The lowest BCUT2D eigenvalue weighted by Crippen LogP contribution is -2.20. The molecule has 114 valence electrons. The number of hydrogen-bond donors (Lipinski definition) is 2. The van der Waals surface area contributed by atoms with E-state index in [0.29, 0.717) is 22.0 Å². The van der Waals surface area contributed by atoms with Gasteiger partial charge in [-0.25, -0.2) is 0 Å². The van der Waals surface area contributed by atoms with E-state index >= 15 is 0 Å². The first-order chi connectivity index (χ1) is 10.5. The number of hydrogen-bond acceptors (Lipinski definition) is 3. The standard InChI is InChI=1S/C15H12BrClN2O3/c16-9-4-5-13(17)12(6-9)15(21)19-10-2-1-3-11(7-10)22-8-14(18)20/h1-7H,8H2,(H2,18,20)(H,19,21). The van der Waals surface area contributed by atoms with Gasteiger partial charge in [0.1, 0.15) is 5.75 Å². The number of primary amides is 1. The molecule has 2 aromatic rings. The van der Waals surface area contributed by atoms with Crippen LogP contribution in [0.5, 0.6) is 5.75 Å². The number of amides is 2. The molecule has 0 fully saturated rings. The van der Waals surface area contributed by atoms with E-state index in [0.717, 1.165) is 4.47 Å². The van der Waals surface area contributed by atoms with Crippen molar-refractivity contribution in [2.24, 2.45) is 5.73 Å². The van der Waals surface area contributed by atoms with Crippen LogP contribution in [0.25, 0.3) is 0 Å². The minimum absolute atomic E-state index is 0.227. The average molecular weight is 384 g/mol. The van der Waals surface area contributed by atoms with Gasteiger partial charge in [0.2, 0.25) is 0 Å². The summed E-state index contributed by atoms with van der Waals surface area (Å²) >= 11 is 9.31. The molecular weight excluding hydrogens is 372 g/mol. The number of nitrogens with two attached hydrogens (primary N) is 1. The van der Waals surface area contributed by atoms with Gasteiger partial charge < -0.3 is 15.8 Å². The van der Waals surface area contributed by atoms with Crippen molar-refractivity contribution in [3.05, 3.63) is 57.5 Å². The number of rotatable bonds is 5. The Bertz CT molecular complexity index is 722. The molecule has 7 heteroatoms. The van der Waals surface area contributed by atoms with Crippen LogP contribution in [-0.4, -0.2) is 18.4 Å². The van der Waals surface area contributed by atoms with E-state index in [1.807, 2.05) is 0 Å². The molecule has 5 nitrogen and oxygen atoms in total. The van der Waals surface area contributed by atoms with E-state index < -0.39 is 5.91 Å². The van der Waals surface area contributed by atoms with Crippen molar-refractivity contribution in [2.75, 3.05) is 11.9 Å². The maximum Gasteiger partial charge on any atom is 0.257 e. The van der Waals surface area contributed by atoms with Crippen molar-refractivity contribution in [3.8, 4) is 5.75 Å². The third-order valence-electron chi connectivity index (χ3n) is 2.65. The maximum atomic E-state index is 12.2. The molecule has 0 spiro atoms. The second kappa shape index (κ2) is 7.29. The Hall–Kier alpha value is -2.05. The van der Waals surface area contributed by atoms with Gasteiger partial charge in [0.05, 0.1) is 10.6 Å². The normalized spacial score (nSPS) is 10.1. The summed E-state index contributed by atoms with van der Waals surface area (Å²) in [5, 5.41) is 3.06. The van der Waals surface area contributed by atoms with Gasteiger partial charge in [-0.2, -0.15) is 0 Å². The molecule has 0 bridgehead atoms. The third kappa shape index (κ3) is 4.47. The first-order valence-electron chi connectivity index (χ1n) is 6.23. The Labute approximate surface area is 140 Å². The van der Waals surface area contributed by atoms with Crippen LogP contribution in [0.4, 0.5) is 5.69 Å². The van der Waals surface area contributed by atoms with Crippen molar-refractivity contribution < 1.29 is 14.3 Å². The zero-order valence-corrected chi connectivity index (χ0v) is 13.6. The van der Waals surface area contributed by atoms with Crippen molar-refractivity contribution >= 4 is 45.0 Å². The molecule has 0 atom stereocenters. The number of halogens is 2. The Morgan fingerprint density at radius 1 is 1.23 bits per heavy atom. The van der Waals surface area contributed by atoms with E-state index in [1.165, 1.54) is 0 Å². The average Bonchev–Trinajstić information content (AvgIpc) is 2.48. The lowest BCUT2D eigenvalue weighted by Gasteiger charge is -2.09. The van der Waals surface area contributed by atoms with Gasteiger partial charge in [-0.15, -0.1) is 0 Å². The van der Waals surface area contributed by atoms with Gasteiger partial charge in [0.15, 0.2) is 6.61 Å². The molecule has 0 unspecified atom stereocenters. The predicted octanol–water partition coefficient (Wildman–Crippen LogP) is 3.22. The molecule has 0 aliphatic carbocycles. The van der Waals surface area contributed by atoms with Gasteiger partial charge in [0, 0.05) is 16.2 Å². The molecule has 2 rings (SSSR count). The van der Waals surface area contributed by atoms with Crippen LogP contribution in [0.3, 0.4) is 0 Å². The maximum absolute atomic E-state index is 12.2. The molecule has 0 saturated carbocycles. The van der Waals surface area contributed by atoms with E-state index in [-0.39, 0.29) is 12.5 Å². The second-order valence-corrected chi connectivity index (χ2v) is 5.68. The first kappa shape index (κ1) is 16.3. The molecule has 22 heavy (non-hydrogen) atoms. The Kier molecular flexibility index (Phi) is 5.41. The van der Waals surface area contributed by atoms with Crippen molar-refractivity contribution in [2.45, 2.75) is 0 Å². The van der Waals surface area contributed by atoms with Gasteiger partial charge in [-0.05, 0) is 30.3 Å². The monoisotopic (exact) mass is 382 g/mol. The molecule has 0 radical (unpaired) electrons. The van der Waals surface area contributed by atoms with Crippen LogP contribution in [-0.2, 0) is 4.79 Å². The van der Waals surface area contributed by atoms with Gasteiger partial charge in [-0.1, -0.05) is 33.6 Å². The van der Waals surface area contributed by atoms with E-state index in [1.54, 1.807) is 42.5 Å². The van der Waals surface area contributed by atoms with Crippen molar-refractivity contribution in [1.29, 1.82) is 0 Å². The minimum Gasteiger partial charge on any atom is -0.484 e. The topological polar surface area (TPSA) is 81.4 Å². The highest BCUT2D eigenvalue weighted by molar-refractivity contribution is 9.10. The van der Waals surface area contributed by atoms with Crippen molar-refractivity contribution in [3.63, 3.8) is 0 Å². The summed E-state index contributed by atoms with van der Waals surface area (Å²) in [4.78, 5) is 22.9. The Balaban J connectivity index is 2.13. The summed E-state index contributed by atoms with van der Waals surface area (Å²) in [6, 6.07) is 11.6. The number of carbonyl (C=O) groups excluding carboxylic acids is 2. The quantitative estimate of drug-likeness (QED) is 0.832. The molecule has 0 aromatic heterocycles. The van der Waals surface area contributed by atoms with Gasteiger partial charge in [-0.3, -0.25) is 9.59 Å². The van der Waals surface area contributed by atoms with Crippen LogP contribution in [0.2, 0.25) is 5.02 Å². The van der Waals surface area contributed by atoms with Gasteiger partial charge >= 0.3 is 0 Å². The van der Waals surface area contributed by atoms with E-state index in [4.69, 9.17) is 22.1 Å². The molecule has 0 aliphatic rings. The van der Waals surface area contributed by atoms with E-state index in [9.17, 15) is 9.59 Å². The summed E-state index contributed by atoms with van der Waals surface area (Å²) in [5.41, 5.74) is 5.88. The zero-order valence-electron chi connectivity index (χ0n) is 11.3. The summed E-state index contributed by atoms with van der Waals surface area (Å²) in [6.45, 7) is -0.227. The fourth-order valence-electron chi connectivity index (χ4n) is 1.69. The lowest BCUT2D eigenvalue weighted by molar-refractivity contribution is -0.119. The zero-order chi connectivity index (χ0) is 16.1. The summed E-state index contributed by atoms with van der Waals surface area (Å²) < 4.78 is 5.93. The largest absolute Gasteiger partial charge is 0.484 e. The molecular formula is C15H12BrClN2O3. The lowest BCUT2D eigenvalue weighted by atomic mass is 10.2. The number of carbonyl (C=O) groups is 2. The number of benzene rings is 2. The minimum atomic E-state index is -0.574. The SMILES string of the molecule is NC(=O)COc1cccc(NC(=O)c2cc(Br)ccc2Cl)c1. The number of anilines is 1. The third-order valence-corrected chi connectivity index (χ3v) is 3.47. The fourth-order valence-corrected chi connectivity index (χ4v) is 2.25. The molecule has 0 aliphatic heterocycles. The number of nitrogens with one attached hydrogen (secondary N) is 1. The molecule has 2 amide bonds. The van der Waals surface area contributed by atoms with Crippen LogP contribution >= 0.6 is 27.5 Å². The van der Waals surface area contributed by atoms with Gasteiger partial charge in [0.25, 0.3) is 11.8 Å². The molecule has 2 aromatic carbocycles. The summed E-state index contributed by atoms with van der Waals surface area (Å²) in [6.07, 6.45) is 0. The van der Waals surface area contributed by atoms with E-state index in [2.05, 4.69) is 21.2 Å². The first-order valence-corrected chi connectivity index (χ1v) is 7.40. The highest BCUT2D eigenvalue weighted by Gasteiger charge is 2.11. The molecule has 0 heterocycles. The highest BCUT2D eigenvalue weighted by Crippen LogP contribution is 2.23. The van der Waals surface area contributed by atoms with Crippen LogP contribution in [0.1, 0.15) is 10.4 Å². The predicted molar refractivity (Wildman–Crippen MR) is 88.2 cm³/mol. The molecule has 3 N–H and O–H groups in total. The fraction of sp³-hybridized carbons (Fsp3) is 0.0667. The number of ether oxygens (including phenoxy) is 1. The van der Waals surface area contributed by atoms with Crippen LogP contribution in [0.15, 0.2) is 46.9 Å². The summed E-state index contributed by atoms with van der Waals surface area (Å²) in [7, 11) is 0. The Morgan fingerprint density at radius 3 is 2.73 bits per heavy atom. The van der Waals surface area contributed by atoms with Crippen LogP contribution in [0, 0.1) is 0 Å².